The van der Waals surface area contributed by atoms with Crippen LogP contribution in [0.25, 0.3) is 0 Å². The molecule has 1 unspecified atom stereocenters. The van der Waals surface area contributed by atoms with E-state index in [-0.39, 0.29) is 11.4 Å². The Balaban J connectivity index is 2.21. The van der Waals surface area contributed by atoms with E-state index < -0.39 is 6.04 Å². The molecule has 0 saturated carbocycles. The van der Waals surface area contributed by atoms with Crippen LogP contribution in [-0.4, -0.2) is 27.0 Å². The standard InChI is InChI=1S/C11H17N5O/c1-11(2,3)15-10-13-8(9(17)14-10)7-5-12-6-16(7)4/h5-6,8H,1-4H3,(H2,13,14,15,17). The number of carbonyl (C=O) groups excluding carboxylic acids is 1. The minimum absolute atomic E-state index is 0.125. The van der Waals surface area contributed by atoms with Gasteiger partial charge in [0, 0.05) is 12.6 Å². The third kappa shape index (κ3) is 2.46. The average Bonchev–Trinajstić information content (AvgIpc) is 2.70. The van der Waals surface area contributed by atoms with Gasteiger partial charge in [0.2, 0.25) is 0 Å². The Morgan fingerprint density at radius 1 is 1.47 bits per heavy atom. The number of nitrogens with zero attached hydrogens (tertiary/aromatic N) is 3. The van der Waals surface area contributed by atoms with E-state index >= 15 is 0 Å². The Labute approximate surface area is 100 Å². The van der Waals surface area contributed by atoms with Crippen LogP contribution >= 0.6 is 0 Å². The second-order valence-corrected chi connectivity index (χ2v) is 5.17. The van der Waals surface area contributed by atoms with E-state index in [0.29, 0.717) is 5.96 Å². The van der Waals surface area contributed by atoms with Gasteiger partial charge < -0.3 is 9.88 Å². The molecule has 1 aliphatic heterocycles. The highest BCUT2D eigenvalue weighted by atomic mass is 16.2. The van der Waals surface area contributed by atoms with E-state index in [4.69, 9.17) is 0 Å². The molecule has 1 aromatic heterocycles. The van der Waals surface area contributed by atoms with Crippen molar-refractivity contribution in [3.8, 4) is 0 Å². The van der Waals surface area contributed by atoms with Crippen LogP contribution in [0.15, 0.2) is 17.5 Å². The molecule has 2 N–H and O–H groups in total. The Morgan fingerprint density at radius 3 is 2.71 bits per heavy atom. The van der Waals surface area contributed by atoms with Crippen molar-refractivity contribution in [2.24, 2.45) is 12.0 Å². The van der Waals surface area contributed by atoms with Gasteiger partial charge in [-0.2, -0.15) is 0 Å². The zero-order valence-electron chi connectivity index (χ0n) is 10.5. The van der Waals surface area contributed by atoms with Crippen LogP contribution in [0.1, 0.15) is 32.5 Å². The molecular formula is C11H17N5O. The van der Waals surface area contributed by atoms with Crippen molar-refractivity contribution in [1.82, 2.24) is 20.2 Å². The normalized spacial score (nSPS) is 20.1. The number of hydrogen-bond acceptors (Lipinski definition) is 4. The van der Waals surface area contributed by atoms with Gasteiger partial charge in [-0.15, -0.1) is 0 Å². The number of imidazole rings is 1. The van der Waals surface area contributed by atoms with Crippen molar-refractivity contribution in [1.29, 1.82) is 0 Å². The van der Waals surface area contributed by atoms with Crippen molar-refractivity contribution in [3.63, 3.8) is 0 Å². The molecule has 0 fully saturated rings. The molecule has 17 heavy (non-hydrogen) atoms. The Kier molecular flexibility index (Phi) is 2.65. The van der Waals surface area contributed by atoms with Gasteiger partial charge in [-0.05, 0) is 20.8 Å². The fourth-order valence-corrected chi connectivity index (χ4v) is 1.66. The molecule has 1 amide bonds. The summed E-state index contributed by atoms with van der Waals surface area (Å²) in [6, 6.07) is -0.507. The van der Waals surface area contributed by atoms with Gasteiger partial charge in [-0.1, -0.05) is 0 Å². The molecule has 0 saturated heterocycles. The fourth-order valence-electron chi connectivity index (χ4n) is 1.66. The van der Waals surface area contributed by atoms with Crippen molar-refractivity contribution < 1.29 is 4.79 Å². The van der Waals surface area contributed by atoms with Crippen LogP contribution in [-0.2, 0) is 11.8 Å². The SMILES string of the molecule is Cn1cncc1C1N=C(NC(C)(C)C)NC1=O. The number of amides is 1. The first-order chi connectivity index (χ1) is 7.87. The Bertz CT molecular complexity index is 468. The lowest BCUT2D eigenvalue weighted by atomic mass is 10.1. The lowest BCUT2D eigenvalue weighted by molar-refractivity contribution is -0.120. The van der Waals surface area contributed by atoms with E-state index in [9.17, 15) is 4.79 Å². The van der Waals surface area contributed by atoms with Crippen molar-refractivity contribution in [2.45, 2.75) is 32.4 Å². The molecule has 1 aromatic rings. The third-order valence-corrected chi connectivity index (χ3v) is 2.38. The summed E-state index contributed by atoms with van der Waals surface area (Å²) in [6.45, 7) is 6.04. The molecule has 1 atom stereocenters. The Morgan fingerprint density at radius 2 is 2.18 bits per heavy atom. The van der Waals surface area contributed by atoms with Crippen LogP contribution in [0.2, 0.25) is 0 Å². The van der Waals surface area contributed by atoms with E-state index in [1.54, 1.807) is 17.1 Å². The number of rotatable bonds is 1. The average molecular weight is 235 g/mol. The molecule has 2 rings (SSSR count). The van der Waals surface area contributed by atoms with Crippen LogP contribution in [0.4, 0.5) is 0 Å². The molecule has 0 bridgehead atoms. The molecule has 92 valence electrons. The molecular weight excluding hydrogens is 218 g/mol. The summed E-state index contributed by atoms with van der Waals surface area (Å²) in [7, 11) is 1.85. The maximum Gasteiger partial charge on any atom is 0.257 e. The van der Waals surface area contributed by atoms with Gasteiger partial charge in [0.1, 0.15) is 0 Å². The number of guanidine groups is 1. The monoisotopic (exact) mass is 235 g/mol. The van der Waals surface area contributed by atoms with E-state index in [2.05, 4.69) is 20.6 Å². The molecule has 0 aliphatic carbocycles. The van der Waals surface area contributed by atoms with Crippen LogP contribution in [0, 0.1) is 0 Å². The molecule has 6 nitrogen and oxygen atoms in total. The van der Waals surface area contributed by atoms with E-state index in [1.807, 2.05) is 27.8 Å². The minimum atomic E-state index is -0.507. The summed E-state index contributed by atoms with van der Waals surface area (Å²) >= 11 is 0. The summed E-state index contributed by atoms with van der Waals surface area (Å²) in [6.07, 6.45) is 3.32. The smallest absolute Gasteiger partial charge is 0.257 e. The van der Waals surface area contributed by atoms with Gasteiger partial charge in [0.25, 0.3) is 5.91 Å². The molecule has 0 spiro atoms. The van der Waals surface area contributed by atoms with Crippen LogP contribution in [0.3, 0.4) is 0 Å². The van der Waals surface area contributed by atoms with E-state index in [1.165, 1.54) is 0 Å². The largest absolute Gasteiger partial charge is 0.351 e. The van der Waals surface area contributed by atoms with Gasteiger partial charge in [0.05, 0.1) is 18.2 Å². The molecule has 1 aliphatic rings. The fraction of sp³-hybridized carbons (Fsp3) is 0.545. The minimum Gasteiger partial charge on any atom is -0.351 e. The quantitative estimate of drug-likeness (QED) is 0.737. The zero-order chi connectivity index (χ0) is 12.6. The lowest BCUT2D eigenvalue weighted by Crippen LogP contribution is -2.46. The van der Waals surface area contributed by atoms with Crippen molar-refractivity contribution in [3.05, 3.63) is 18.2 Å². The highest BCUT2D eigenvalue weighted by molar-refractivity contribution is 6.05. The summed E-state index contributed by atoms with van der Waals surface area (Å²) in [5.74, 6) is 0.397. The first-order valence-electron chi connectivity index (χ1n) is 5.50. The predicted octanol–water partition coefficient (Wildman–Crippen LogP) is 0.335. The van der Waals surface area contributed by atoms with Crippen LogP contribution < -0.4 is 10.6 Å². The molecule has 0 aromatic carbocycles. The molecule has 6 heteroatoms. The summed E-state index contributed by atoms with van der Waals surface area (Å²) in [5, 5.41) is 5.88. The van der Waals surface area contributed by atoms with Gasteiger partial charge >= 0.3 is 0 Å². The summed E-state index contributed by atoms with van der Waals surface area (Å²) in [5.41, 5.74) is 0.654. The summed E-state index contributed by atoms with van der Waals surface area (Å²) < 4.78 is 1.80. The number of carbonyl (C=O) groups is 1. The van der Waals surface area contributed by atoms with Gasteiger partial charge in [-0.3, -0.25) is 10.1 Å². The van der Waals surface area contributed by atoms with Gasteiger partial charge in [0.15, 0.2) is 12.0 Å². The first-order valence-corrected chi connectivity index (χ1v) is 5.50. The zero-order valence-corrected chi connectivity index (χ0v) is 10.5. The number of hydrogen-bond donors (Lipinski definition) is 2. The first kappa shape index (κ1) is 11.6. The second-order valence-electron chi connectivity index (χ2n) is 5.17. The number of aromatic nitrogens is 2. The maximum atomic E-state index is 11.8. The van der Waals surface area contributed by atoms with Crippen LogP contribution in [0.5, 0.6) is 0 Å². The molecule has 0 radical (unpaired) electrons. The maximum absolute atomic E-state index is 11.8. The van der Waals surface area contributed by atoms with E-state index in [0.717, 1.165) is 5.69 Å². The van der Waals surface area contributed by atoms with Gasteiger partial charge in [-0.25, -0.2) is 9.98 Å². The predicted molar refractivity (Wildman–Crippen MR) is 64.4 cm³/mol. The Hall–Kier alpha value is -1.85. The highest BCUT2D eigenvalue weighted by Crippen LogP contribution is 2.20. The van der Waals surface area contributed by atoms with Crippen molar-refractivity contribution in [2.75, 3.05) is 0 Å². The lowest BCUT2D eigenvalue weighted by Gasteiger charge is -2.21. The third-order valence-electron chi connectivity index (χ3n) is 2.38. The highest BCUT2D eigenvalue weighted by Gasteiger charge is 2.31. The molecule has 2 heterocycles. The number of aliphatic imine (C=N–C) groups is 1. The number of aryl methyl sites for hydroxylation is 1. The second kappa shape index (κ2) is 3.87. The van der Waals surface area contributed by atoms with Crippen molar-refractivity contribution >= 4 is 11.9 Å². The number of nitrogens with one attached hydrogen (secondary N) is 2. The topological polar surface area (TPSA) is 71.3 Å². The summed E-state index contributed by atoms with van der Waals surface area (Å²) in [4.78, 5) is 20.1.